The average Bonchev–Trinajstić information content (AvgIpc) is 3.21. The molecule has 0 unspecified atom stereocenters. The van der Waals surface area contributed by atoms with Gasteiger partial charge in [0.15, 0.2) is 0 Å². The van der Waals surface area contributed by atoms with Crippen LogP contribution in [0.1, 0.15) is 33.7 Å². The number of sulfonamides is 1. The molecule has 0 atom stereocenters. The van der Waals surface area contributed by atoms with E-state index in [1.807, 2.05) is 13.0 Å². The van der Waals surface area contributed by atoms with Crippen molar-refractivity contribution in [2.45, 2.75) is 31.4 Å². The second kappa shape index (κ2) is 6.93. The topological polar surface area (TPSA) is 70.8 Å². The molecule has 0 aliphatic carbocycles. The molecule has 1 amide bonds. The number of carbonyl (C=O) groups is 1. The standard InChI is InChI=1S/C17H22N2O4S2/c1-4-14-5-6-16(24-14)25(21,22)19-9-7-18(8-10-19)17(20)15-11-12(2)23-13(15)3/h5-6,11H,4,7-10H2,1-3H3. The van der Waals surface area contributed by atoms with Crippen LogP contribution in [-0.2, 0) is 16.4 Å². The Kier molecular flexibility index (Phi) is 5.04. The van der Waals surface area contributed by atoms with Gasteiger partial charge in [-0.1, -0.05) is 6.92 Å². The van der Waals surface area contributed by atoms with Crippen LogP contribution >= 0.6 is 11.3 Å². The maximum absolute atomic E-state index is 12.7. The Balaban J connectivity index is 1.69. The maximum Gasteiger partial charge on any atom is 0.257 e. The number of hydrogen-bond donors (Lipinski definition) is 0. The summed E-state index contributed by atoms with van der Waals surface area (Å²) in [5, 5.41) is 0. The SMILES string of the molecule is CCc1ccc(S(=O)(=O)N2CCN(C(=O)c3cc(C)oc3C)CC2)s1. The van der Waals surface area contributed by atoms with Crippen LogP contribution in [0.5, 0.6) is 0 Å². The highest BCUT2D eigenvalue weighted by Crippen LogP contribution is 2.26. The van der Waals surface area contributed by atoms with Gasteiger partial charge in [-0.25, -0.2) is 8.42 Å². The second-order valence-electron chi connectivity index (χ2n) is 6.10. The molecule has 3 heterocycles. The molecule has 136 valence electrons. The van der Waals surface area contributed by atoms with E-state index in [0.29, 0.717) is 47.5 Å². The lowest BCUT2D eigenvalue weighted by Crippen LogP contribution is -2.50. The van der Waals surface area contributed by atoms with E-state index in [1.165, 1.54) is 15.6 Å². The van der Waals surface area contributed by atoms with Gasteiger partial charge >= 0.3 is 0 Å². The first kappa shape index (κ1) is 18.2. The van der Waals surface area contributed by atoms with Crippen molar-refractivity contribution < 1.29 is 17.6 Å². The smallest absolute Gasteiger partial charge is 0.257 e. The van der Waals surface area contributed by atoms with Crippen LogP contribution in [0, 0.1) is 13.8 Å². The molecule has 0 aromatic carbocycles. The van der Waals surface area contributed by atoms with E-state index in [0.717, 1.165) is 11.3 Å². The number of rotatable bonds is 4. The summed E-state index contributed by atoms with van der Waals surface area (Å²) in [7, 11) is -3.47. The van der Waals surface area contributed by atoms with E-state index in [2.05, 4.69) is 0 Å². The molecule has 0 bridgehead atoms. The number of nitrogens with zero attached hydrogens (tertiary/aromatic N) is 2. The lowest BCUT2D eigenvalue weighted by molar-refractivity contribution is 0.0696. The summed E-state index contributed by atoms with van der Waals surface area (Å²) in [6.45, 7) is 6.96. The summed E-state index contributed by atoms with van der Waals surface area (Å²) < 4.78 is 32.7. The Hall–Kier alpha value is -1.64. The highest BCUT2D eigenvalue weighted by Gasteiger charge is 2.32. The average molecular weight is 383 g/mol. The van der Waals surface area contributed by atoms with Crippen LogP contribution in [-0.4, -0.2) is 49.7 Å². The van der Waals surface area contributed by atoms with E-state index in [1.54, 1.807) is 30.9 Å². The third kappa shape index (κ3) is 3.51. The van der Waals surface area contributed by atoms with E-state index in [9.17, 15) is 13.2 Å². The van der Waals surface area contributed by atoms with Crippen LogP contribution in [0.3, 0.4) is 0 Å². The number of furan rings is 1. The van der Waals surface area contributed by atoms with Crippen molar-refractivity contribution in [2.75, 3.05) is 26.2 Å². The number of piperazine rings is 1. The van der Waals surface area contributed by atoms with Gasteiger partial charge in [0.1, 0.15) is 15.7 Å². The Morgan fingerprint density at radius 2 is 1.88 bits per heavy atom. The van der Waals surface area contributed by atoms with Crippen LogP contribution in [0.2, 0.25) is 0 Å². The Labute approximate surface area is 152 Å². The zero-order valence-electron chi connectivity index (χ0n) is 14.6. The molecule has 1 saturated heterocycles. The zero-order chi connectivity index (χ0) is 18.2. The van der Waals surface area contributed by atoms with E-state index < -0.39 is 10.0 Å². The highest BCUT2D eigenvalue weighted by molar-refractivity contribution is 7.91. The van der Waals surface area contributed by atoms with Crippen LogP contribution in [0.4, 0.5) is 0 Å². The van der Waals surface area contributed by atoms with E-state index in [-0.39, 0.29) is 5.91 Å². The molecular formula is C17H22N2O4S2. The number of amides is 1. The maximum atomic E-state index is 12.7. The Bertz CT molecular complexity index is 874. The first-order chi connectivity index (χ1) is 11.8. The molecule has 0 spiro atoms. The van der Waals surface area contributed by atoms with Crippen molar-refractivity contribution in [2.24, 2.45) is 0 Å². The lowest BCUT2D eigenvalue weighted by Gasteiger charge is -2.33. The van der Waals surface area contributed by atoms with Gasteiger partial charge in [-0.3, -0.25) is 4.79 Å². The molecule has 0 radical (unpaired) electrons. The van der Waals surface area contributed by atoms with Gasteiger partial charge < -0.3 is 9.32 Å². The van der Waals surface area contributed by atoms with Crippen LogP contribution < -0.4 is 0 Å². The second-order valence-corrected chi connectivity index (χ2v) is 9.43. The molecule has 1 aliphatic heterocycles. The Morgan fingerprint density at radius 3 is 2.40 bits per heavy atom. The van der Waals surface area contributed by atoms with Crippen molar-refractivity contribution in [1.82, 2.24) is 9.21 Å². The molecule has 3 rings (SSSR count). The van der Waals surface area contributed by atoms with Gasteiger partial charge in [0.2, 0.25) is 0 Å². The summed E-state index contributed by atoms with van der Waals surface area (Å²) in [6.07, 6.45) is 0.825. The Morgan fingerprint density at radius 1 is 1.20 bits per heavy atom. The molecule has 8 heteroatoms. The number of hydrogen-bond acceptors (Lipinski definition) is 5. The predicted molar refractivity (Wildman–Crippen MR) is 96.5 cm³/mol. The van der Waals surface area contributed by atoms with Gasteiger partial charge in [-0.05, 0) is 38.5 Å². The summed E-state index contributed by atoms with van der Waals surface area (Å²) in [5.74, 6) is 1.20. The van der Waals surface area contributed by atoms with Gasteiger partial charge in [-0.15, -0.1) is 11.3 Å². The minimum atomic E-state index is -3.47. The monoisotopic (exact) mass is 382 g/mol. The number of thiophene rings is 1. The van der Waals surface area contributed by atoms with Gasteiger partial charge in [-0.2, -0.15) is 4.31 Å². The third-order valence-electron chi connectivity index (χ3n) is 4.38. The zero-order valence-corrected chi connectivity index (χ0v) is 16.2. The molecule has 0 saturated carbocycles. The fraction of sp³-hybridized carbons (Fsp3) is 0.471. The number of aryl methyl sites for hydroxylation is 3. The highest BCUT2D eigenvalue weighted by atomic mass is 32.2. The predicted octanol–water partition coefficient (Wildman–Crippen LogP) is 2.67. The molecule has 25 heavy (non-hydrogen) atoms. The van der Waals surface area contributed by atoms with Crippen LogP contribution in [0.25, 0.3) is 0 Å². The number of carbonyl (C=O) groups excluding carboxylic acids is 1. The van der Waals surface area contributed by atoms with Crippen molar-refractivity contribution in [1.29, 1.82) is 0 Å². The first-order valence-corrected chi connectivity index (χ1v) is 10.5. The third-order valence-corrected chi connectivity index (χ3v) is 7.97. The van der Waals surface area contributed by atoms with E-state index in [4.69, 9.17) is 4.42 Å². The fourth-order valence-electron chi connectivity index (χ4n) is 2.96. The van der Waals surface area contributed by atoms with Gasteiger partial charge in [0.25, 0.3) is 15.9 Å². The van der Waals surface area contributed by atoms with Crippen molar-refractivity contribution in [3.63, 3.8) is 0 Å². The molecule has 2 aromatic heterocycles. The summed E-state index contributed by atoms with van der Waals surface area (Å²) in [4.78, 5) is 15.3. The summed E-state index contributed by atoms with van der Waals surface area (Å²) in [5.41, 5.74) is 0.555. The summed E-state index contributed by atoms with van der Waals surface area (Å²) in [6, 6.07) is 5.27. The van der Waals surface area contributed by atoms with Crippen molar-refractivity contribution in [3.05, 3.63) is 40.2 Å². The summed E-state index contributed by atoms with van der Waals surface area (Å²) >= 11 is 1.32. The normalized spacial score (nSPS) is 16.4. The molecule has 1 fully saturated rings. The van der Waals surface area contributed by atoms with Crippen molar-refractivity contribution in [3.8, 4) is 0 Å². The van der Waals surface area contributed by atoms with Crippen molar-refractivity contribution >= 4 is 27.3 Å². The van der Waals surface area contributed by atoms with Crippen LogP contribution in [0.15, 0.2) is 26.8 Å². The molecule has 0 N–H and O–H groups in total. The van der Waals surface area contributed by atoms with Gasteiger partial charge in [0, 0.05) is 31.1 Å². The molecule has 2 aromatic rings. The van der Waals surface area contributed by atoms with Gasteiger partial charge in [0.05, 0.1) is 5.56 Å². The largest absolute Gasteiger partial charge is 0.466 e. The quantitative estimate of drug-likeness (QED) is 0.815. The molecule has 1 aliphatic rings. The molecule has 6 nitrogen and oxygen atoms in total. The van der Waals surface area contributed by atoms with E-state index >= 15 is 0 Å². The fourth-order valence-corrected chi connectivity index (χ4v) is 5.83. The lowest BCUT2D eigenvalue weighted by atomic mass is 10.2. The molecular weight excluding hydrogens is 360 g/mol. The first-order valence-electron chi connectivity index (χ1n) is 8.28. The minimum absolute atomic E-state index is 0.101. The minimum Gasteiger partial charge on any atom is -0.466 e.